The normalized spacial score (nSPS) is 28.7. The van der Waals surface area contributed by atoms with E-state index in [0.717, 1.165) is 24.8 Å². The van der Waals surface area contributed by atoms with Crippen molar-refractivity contribution in [3.63, 3.8) is 0 Å². The summed E-state index contributed by atoms with van der Waals surface area (Å²) >= 11 is 0. The number of rotatable bonds is 5. The molecule has 1 aliphatic carbocycles. The Labute approximate surface area is 95.3 Å². The van der Waals surface area contributed by atoms with E-state index < -0.39 is 0 Å². The molecule has 1 heteroatoms. The maximum atomic E-state index is 4.05. The molecule has 15 heavy (non-hydrogen) atoms. The minimum absolute atomic E-state index is 0.681. The minimum Gasteiger partial charge on any atom is -0.314 e. The Balaban J connectivity index is 2.44. The molecule has 88 valence electrons. The molecule has 0 saturated heterocycles. The molecule has 1 N–H and O–H groups in total. The van der Waals surface area contributed by atoms with Gasteiger partial charge in [-0.15, -0.1) is 6.58 Å². The van der Waals surface area contributed by atoms with Crippen LogP contribution in [0.25, 0.3) is 0 Å². The maximum Gasteiger partial charge on any atom is 0.0132 e. The van der Waals surface area contributed by atoms with E-state index in [1.165, 1.54) is 31.3 Å². The Morgan fingerprint density at radius 1 is 1.33 bits per heavy atom. The Hall–Kier alpha value is -0.300. The first-order chi connectivity index (χ1) is 7.13. The van der Waals surface area contributed by atoms with E-state index in [9.17, 15) is 0 Å². The van der Waals surface area contributed by atoms with Crippen LogP contribution in [0.15, 0.2) is 12.2 Å². The molecule has 1 unspecified atom stereocenters. The van der Waals surface area contributed by atoms with Gasteiger partial charge in [-0.2, -0.15) is 0 Å². The highest BCUT2D eigenvalue weighted by molar-refractivity contribution is 4.95. The smallest absolute Gasteiger partial charge is 0.0132 e. The molecule has 1 aliphatic rings. The van der Waals surface area contributed by atoms with Crippen molar-refractivity contribution in [3.05, 3.63) is 12.2 Å². The highest BCUT2D eigenvalue weighted by atomic mass is 14.9. The standard InChI is InChI=1S/C14H27N/c1-5-15-14(10-11(2)3)13-8-6-12(4)7-9-13/h12-15H,2,5-10H2,1,3-4H3. The monoisotopic (exact) mass is 209 g/mol. The molecule has 1 nitrogen and oxygen atoms in total. The molecular formula is C14H27N. The van der Waals surface area contributed by atoms with Crippen molar-refractivity contribution in [2.45, 2.75) is 58.9 Å². The molecule has 0 spiro atoms. The second kappa shape index (κ2) is 6.32. The van der Waals surface area contributed by atoms with Gasteiger partial charge in [0.15, 0.2) is 0 Å². The van der Waals surface area contributed by atoms with Crippen LogP contribution in [-0.4, -0.2) is 12.6 Å². The number of hydrogen-bond acceptors (Lipinski definition) is 1. The summed E-state index contributed by atoms with van der Waals surface area (Å²) in [6, 6.07) is 0.681. The van der Waals surface area contributed by atoms with Gasteiger partial charge >= 0.3 is 0 Å². The summed E-state index contributed by atoms with van der Waals surface area (Å²) < 4.78 is 0. The molecule has 1 fully saturated rings. The summed E-state index contributed by atoms with van der Waals surface area (Å²) in [6.07, 6.45) is 6.82. The molecule has 0 aliphatic heterocycles. The molecule has 0 bridgehead atoms. The van der Waals surface area contributed by atoms with Gasteiger partial charge in [0.05, 0.1) is 0 Å². The highest BCUT2D eigenvalue weighted by Gasteiger charge is 2.25. The van der Waals surface area contributed by atoms with Crippen molar-refractivity contribution in [2.24, 2.45) is 11.8 Å². The van der Waals surface area contributed by atoms with Gasteiger partial charge in [0, 0.05) is 6.04 Å². The van der Waals surface area contributed by atoms with Gasteiger partial charge in [-0.1, -0.05) is 32.3 Å². The molecule has 1 atom stereocenters. The maximum absolute atomic E-state index is 4.05. The molecule has 0 amide bonds. The average Bonchev–Trinajstić information content (AvgIpc) is 2.17. The van der Waals surface area contributed by atoms with Gasteiger partial charge < -0.3 is 5.32 Å². The summed E-state index contributed by atoms with van der Waals surface area (Å²) in [5, 5.41) is 3.64. The van der Waals surface area contributed by atoms with E-state index in [-0.39, 0.29) is 0 Å². The van der Waals surface area contributed by atoms with Gasteiger partial charge in [0.1, 0.15) is 0 Å². The van der Waals surface area contributed by atoms with Crippen LogP contribution in [0.1, 0.15) is 52.9 Å². The largest absolute Gasteiger partial charge is 0.314 e. The highest BCUT2D eigenvalue weighted by Crippen LogP contribution is 2.32. The zero-order chi connectivity index (χ0) is 11.3. The van der Waals surface area contributed by atoms with Crippen molar-refractivity contribution in [1.29, 1.82) is 0 Å². The van der Waals surface area contributed by atoms with Gasteiger partial charge in [-0.3, -0.25) is 0 Å². The molecule has 0 aromatic carbocycles. The topological polar surface area (TPSA) is 12.0 Å². The SMILES string of the molecule is C=C(C)CC(NCC)C1CCC(C)CC1. The predicted molar refractivity (Wildman–Crippen MR) is 68.0 cm³/mol. The molecule has 0 radical (unpaired) electrons. The molecule has 1 rings (SSSR count). The average molecular weight is 209 g/mol. The first-order valence-electron chi connectivity index (χ1n) is 6.51. The third kappa shape index (κ3) is 4.38. The van der Waals surface area contributed by atoms with Crippen LogP contribution < -0.4 is 5.32 Å². The predicted octanol–water partition coefficient (Wildman–Crippen LogP) is 3.76. The fourth-order valence-electron chi connectivity index (χ4n) is 2.73. The van der Waals surface area contributed by atoms with E-state index in [2.05, 4.69) is 32.7 Å². The second-order valence-corrected chi connectivity index (χ2v) is 5.35. The third-order valence-electron chi connectivity index (χ3n) is 3.66. The Morgan fingerprint density at radius 2 is 1.93 bits per heavy atom. The van der Waals surface area contributed by atoms with Gasteiger partial charge in [0.2, 0.25) is 0 Å². The zero-order valence-corrected chi connectivity index (χ0v) is 10.7. The third-order valence-corrected chi connectivity index (χ3v) is 3.66. The van der Waals surface area contributed by atoms with Gasteiger partial charge in [0.25, 0.3) is 0 Å². The molecule has 0 aromatic heterocycles. The van der Waals surface area contributed by atoms with Crippen LogP contribution in [0.3, 0.4) is 0 Å². The Morgan fingerprint density at radius 3 is 2.40 bits per heavy atom. The van der Waals surface area contributed by atoms with E-state index >= 15 is 0 Å². The molecule has 1 saturated carbocycles. The zero-order valence-electron chi connectivity index (χ0n) is 10.7. The van der Waals surface area contributed by atoms with Gasteiger partial charge in [-0.25, -0.2) is 0 Å². The lowest BCUT2D eigenvalue weighted by molar-refractivity contribution is 0.230. The van der Waals surface area contributed by atoms with Gasteiger partial charge in [-0.05, 0) is 44.6 Å². The summed E-state index contributed by atoms with van der Waals surface area (Å²) in [4.78, 5) is 0. The summed E-state index contributed by atoms with van der Waals surface area (Å²) in [6.45, 7) is 11.9. The lowest BCUT2D eigenvalue weighted by Crippen LogP contribution is -2.38. The lowest BCUT2D eigenvalue weighted by atomic mass is 9.78. The second-order valence-electron chi connectivity index (χ2n) is 5.35. The van der Waals surface area contributed by atoms with Crippen LogP contribution in [0.4, 0.5) is 0 Å². The van der Waals surface area contributed by atoms with Crippen LogP contribution in [0.2, 0.25) is 0 Å². The van der Waals surface area contributed by atoms with Crippen molar-refractivity contribution >= 4 is 0 Å². The first kappa shape index (κ1) is 12.8. The van der Waals surface area contributed by atoms with E-state index in [1.807, 2.05) is 0 Å². The molecule has 0 heterocycles. The lowest BCUT2D eigenvalue weighted by Gasteiger charge is -2.33. The number of hydrogen-bond donors (Lipinski definition) is 1. The number of nitrogens with one attached hydrogen (secondary N) is 1. The summed E-state index contributed by atoms with van der Waals surface area (Å²) in [5.41, 5.74) is 1.32. The van der Waals surface area contributed by atoms with Crippen LogP contribution in [0.5, 0.6) is 0 Å². The van der Waals surface area contributed by atoms with Crippen LogP contribution >= 0.6 is 0 Å². The van der Waals surface area contributed by atoms with Crippen LogP contribution in [0, 0.1) is 11.8 Å². The van der Waals surface area contributed by atoms with E-state index in [0.29, 0.717) is 6.04 Å². The van der Waals surface area contributed by atoms with Crippen molar-refractivity contribution in [3.8, 4) is 0 Å². The first-order valence-corrected chi connectivity index (χ1v) is 6.51. The Kier molecular flexibility index (Phi) is 5.38. The molecule has 0 aromatic rings. The van der Waals surface area contributed by atoms with Crippen molar-refractivity contribution < 1.29 is 0 Å². The summed E-state index contributed by atoms with van der Waals surface area (Å²) in [7, 11) is 0. The van der Waals surface area contributed by atoms with E-state index in [1.54, 1.807) is 0 Å². The fraction of sp³-hybridized carbons (Fsp3) is 0.857. The minimum atomic E-state index is 0.681. The van der Waals surface area contributed by atoms with Crippen molar-refractivity contribution in [2.75, 3.05) is 6.54 Å². The summed E-state index contributed by atoms with van der Waals surface area (Å²) in [5.74, 6) is 1.84. The van der Waals surface area contributed by atoms with E-state index in [4.69, 9.17) is 0 Å². The Bertz CT molecular complexity index is 190. The van der Waals surface area contributed by atoms with Crippen LogP contribution in [-0.2, 0) is 0 Å². The molecular weight excluding hydrogens is 182 g/mol. The quantitative estimate of drug-likeness (QED) is 0.680. The fourth-order valence-corrected chi connectivity index (χ4v) is 2.73. The van der Waals surface area contributed by atoms with Crippen molar-refractivity contribution in [1.82, 2.24) is 5.32 Å².